The smallest absolute Gasteiger partial charge is 0.101 e. The van der Waals surface area contributed by atoms with Crippen molar-refractivity contribution in [3.63, 3.8) is 0 Å². The van der Waals surface area contributed by atoms with Gasteiger partial charge in [-0.1, -0.05) is 19.4 Å². The molecule has 0 fully saturated rings. The molecule has 0 heterocycles. The molecule has 0 atom stereocenters. The van der Waals surface area contributed by atoms with E-state index in [2.05, 4.69) is 36.9 Å². The minimum Gasteiger partial charge on any atom is -0.371 e. The topological polar surface area (TPSA) is 27.0 Å². The largest absolute Gasteiger partial charge is 0.371 e. The molecule has 0 aromatic heterocycles. The molecule has 0 saturated heterocycles. The van der Waals surface area contributed by atoms with E-state index in [1.54, 1.807) is 0 Å². The van der Waals surface area contributed by atoms with Crippen LogP contribution in [-0.2, 0) is 0 Å². The second-order valence-electron chi connectivity index (χ2n) is 4.07. The molecule has 0 aliphatic carbocycles. The van der Waals surface area contributed by atoms with Gasteiger partial charge in [-0.05, 0) is 38.0 Å². The van der Waals surface area contributed by atoms with Crippen molar-refractivity contribution in [3.8, 4) is 6.07 Å². The number of aryl methyl sites for hydroxylation is 1. The van der Waals surface area contributed by atoms with Crippen LogP contribution in [0.2, 0.25) is 0 Å². The van der Waals surface area contributed by atoms with E-state index in [0.29, 0.717) is 0 Å². The Kier molecular flexibility index (Phi) is 4.85. The zero-order valence-corrected chi connectivity index (χ0v) is 10.5. The van der Waals surface area contributed by atoms with Gasteiger partial charge in [0.15, 0.2) is 0 Å². The fraction of sp³-hybridized carbons (Fsp3) is 0.500. The lowest BCUT2D eigenvalue weighted by Crippen LogP contribution is -2.24. The summed E-state index contributed by atoms with van der Waals surface area (Å²) in [5.74, 6) is 0. The van der Waals surface area contributed by atoms with Gasteiger partial charge in [0.1, 0.15) is 6.07 Å². The van der Waals surface area contributed by atoms with Crippen LogP contribution in [0.3, 0.4) is 0 Å². The highest BCUT2D eigenvalue weighted by Gasteiger charge is 2.08. The molecule has 0 radical (unpaired) electrons. The van der Waals surface area contributed by atoms with E-state index < -0.39 is 0 Å². The third-order valence-corrected chi connectivity index (χ3v) is 2.78. The van der Waals surface area contributed by atoms with Crippen LogP contribution in [0.5, 0.6) is 0 Å². The van der Waals surface area contributed by atoms with E-state index in [1.807, 2.05) is 13.0 Å². The maximum Gasteiger partial charge on any atom is 0.101 e. The normalized spacial score (nSPS) is 9.88. The fourth-order valence-electron chi connectivity index (χ4n) is 1.81. The zero-order chi connectivity index (χ0) is 12.0. The number of rotatable bonds is 5. The third-order valence-electron chi connectivity index (χ3n) is 2.78. The minimum absolute atomic E-state index is 0.790. The molecule has 1 rings (SSSR count). The highest BCUT2D eigenvalue weighted by molar-refractivity contribution is 5.60. The fourth-order valence-corrected chi connectivity index (χ4v) is 1.81. The van der Waals surface area contributed by atoms with Crippen molar-refractivity contribution in [2.24, 2.45) is 0 Å². The van der Waals surface area contributed by atoms with Crippen LogP contribution in [0, 0.1) is 18.3 Å². The molecular formula is C14H20N2. The van der Waals surface area contributed by atoms with Crippen LogP contribution in [0.4, 0.5) is 5.69 Å². The first-order valence-electron chi connectivity index (χ1n) is 5.98. The monoisotopic (exact) mass is 216 g/mol. The maximum atomic E-state index is 9.14. The standard InChI is InChI=1S/C14H20N2/c1-4-6-9-16(5-2)14-8-7-12(3)10-13(14)11-15/h7-8,10H,4-6,9H2,1-3H3. The van der Waals surface area contributed by atoms with E-state index in [1.165, 1.54) is 12.8 Å². The average molecular weight is 216 g/mol. The van der Waals surface area contributed by atoms with E-state index >= 15 is 0 Å². The van der Waals surface area contributed by atoms with Gasteiger partial charge in [-0.3, -0.25) is 0 Å². The molecule has 0 unspecified atom stereocenters. The summed E-state index contributed by atoms with van der Waals surface area (Å²) >= 11 is 0. The predicted octanol–water partition coefficient (Wildman–Crippen LogP) is 3.49. The van der Waals surface area contributed by atoms with E-state index in [9.17, 15) is 0 Å². The first kappa shape index (κ1) is 12.6. The second-order valence-corrected chi connectivity index (χ2v) is 4.07. The van der Waals surface area contributed by atoms with E-state index in [4.69, 9.17) is 5.26 Å². The lowest BCUT2D eigenvalue weighted by Gasteiger charge is -2.24. The van der Waals surface area contributed by atoms with Gasteiger partial charge in [-0.15, -0.1) is 0 Å². The summed E-state index contributed by atoms with van der Waals surface area (Å²) < 4.78 is 0. The maximum absolute atomic E-state index is 9.14. The summed E-state index contributed by atoms with van der Waals surface area (Å²) in [6.07, 6.45) is 2.36. The summed E-state index contributed by atoms with van der Waals surface area (Å²) in [5, 5.41) is 9.14. The number of hydrogen-bond acceptors (Lipinski definition) is 2. The Hall–Kier alpha value is -1.49. The van der Waals surface area contributed by atoms with Crippen molar-refractivity contribution in [1.82, 2.24) is 0 Å². The van der Waals surface area contributed by atoms with Crippen LogP contribution < -0.4 is 4.90 Å². The van der Waals surface area contributed by atoms with Crippen LogP contribution in [-0.4, -0.2) is 13.1 Å². The zero-order valence-electron chi connectivity index (χ0n) is 10.5. The quantitative estimate of drug-likeness (QED) is 0.753. The highest BCUT2D eigenvalue weighted by Crippen LogP contribution is 2.21. The Bertz CT molecular complexity index is 377. The van der Waals surface area contributed by atoms with Crippen LogP contribution in [0.25, 0.3) is 0 Å². The Morgan fingerprint density at radius 2 is 2.06 bits per heavy atom. The summed E-state index contributed by atoms with van der Waals surface area (Å²) in [7, 11) is 0. The van der Waals surface area contributed by atoms with Crippen molar-refractivity contribution in [2.45, 2.75) is 33.6 Å². The van der Waals surface area contributed by atoms with Crippen LogP contribution in [0.15, 0.2) is 18.2 Å². The molecule has 2 nitrogen and oxygen atoms in total. The number of nitrogens with zero attached hydrogens (tertiary/aromatic N) is 2. The minimum atomic E-state index is 0.790. The predicted molar refractivity (Wildman–Crippen MR) is 68.7 cm³/mol. The average Bonchev–Trinajstić information content (AvgIpc) is 2.31. The molecule has 0 amide bonds. The van der Waals surface area contributed by atoms with Crippen LogP contribution in [0.1, 0.15) is 37.8 Å². The number of benzene rings is 1. The third kappa shape index (κ3) is 3.00. The second kappa shape index (κ2) is 6.17. The van der Waals surface area contributed by atoms with Gasteiger partial charge in [0.05, 0.1) is 11.3 Å². The Balaban J connectivity index is 2.96. The number of unbranched alkanes of at least 4 members (excludes halogenated alkanes) is 1. The number of anilines is 1. The lowest BCUT2D eigenvalue weighted by molar-refractivity contribution is 0.731. The van der Waals surface area contributed by atoms with Gasteiger partial charge in [0, 0.05) is 13.1 Å². The van der Waals surface area contributed by atoms with Crippen LogP contribution >= 0.6 is 0 Å². The summed E-state index contributed by atoms with van der Waals surface area (Å²) in [5.41, 5.74) is 3.01. The van der Waals surface area contributed by atoms with Gasteiger partial charge in [-0.2, -0.15) is 5.26 Å². The lowest BCUT2D eigenvalue weighted by atomic mass is 10.1. The molecule has 0 aliphatic rings. The molecule has 1 aromatic carbocycles. The van der Waals surface area contributed by atoms with Crippen molar-refractivity contribution in [3.05, 3.63) is 29.3 Å². The number of nitriles is 1. The number of hydrogen-bond donors (Lipinski definition) is 0. The van der Waals surface area contributed by atoms with Crippen molar-refractivity contribution in [1.29, 1.82) is 5.26 Å². The molecule has 1 aromatic rings. The molecule has 0 spiro atoms. The summed E-state index contributed by atoms with van der Waals surface area (Å²) in [6, 6.07) is 8.38. The van der Waals surface area contributed by atoms with Gasteiger partial charge in [0.2, 0.25) is 0 Å². The van der Waals surface area contributed by atoms with Gasteiger partial charge < -0.3 is 4.90 Å². The molecule has 0 bridgehead atoms. The van der Waals surface area contributed by atoms with E-state index in [0.717, 1.165) is 29.9 Å². The molecule has 0 saturated carbocycles. The Morgan fingerprint density at radius 3 is 2.62 bits per heavy atom. The first-order chi connectivity index (χ1) is 7.72. The molecule has 0 N–H and O–H groups in total. The molecule has 2 heteroatoms. The van der Waals surface area contributed by atoms with E-state index in [-0.39, 0.29) is 0 Å². The first-order valence-corrected chi connectivity index (χ1v) is 5.98. The highest BCUT2D eigenvalue weighted by atomic mass is 15.1. The van der Waals surface area contributed by atoms with Crippen molar-refractivity contribution >= 4 is 5.69 Å². The molecule has 86 valence electrons. The molecular weight excluding hydrogens is 196 g/mol. The van der Waals surface area contributed by atoms with Gasteiger partial charge in [-0.25, -0.2) is 0 Å². The summed E-state index contributed by atoms with van der Waals surface area (Å²) in [6.45, 7) is 8.33. The molecule has 16 heavy (non-hydrogen) atoms. The molecule has 0 aliphatic heterocycles. The Labute approximate surface area is 98.5 Å². The SMILES string of the molecule is CCCCN(CC)c1ccc(C)cc1C#N. The summed E-state index contributed by atoms with van der Waals surface area (Å²) in [4.78, 5) is 2.28. The van der Waals surface area contributed by atoms with Gasteiger partial charge in [0.25, 0.3) is 0 Å². The Morgan fingerprint density at radius 1 is 1.31 bits per heavy atom. The van der Waals surface area contributed by atoms with Gasteiger partial charge >= 0.3 is 0 Å². The van der Waals surface area contributed by atoms with Crippen molar-refractivity contribution < 1.29 is 0 Å². The van der Waals surface area contributed by atoms with Crippen molar-refractivity contribution in [2.75, 3.05) is 18.0 Å².